The lowest BCUT2D eigenvalue weighted by atomic mass is 10.1. The van der Waals surface area contributed by atoms with Gasteiger partial charge in [0.2, 0.25) is 0 Å². The van der Waals surface area contributed by atoms with Gasteiger partial charge in [-0.1, -0.05) is 19.1 Å². The zero-order valence-electron chi connectivity index (χ0n) is 12.5. The lowest BCUT2D eigenvalue weighted by Gasteiger charge is -2.17. The number of hydrogen-bond donors (Lipinski definition) is 1. The third kappa shape index (κ3) is 4.81. The summed E-state index contributed by atoms with van der Waals surface area (Å²) in [5, 5.41) is 6.55. The van der Waals surface area contributed by atoms with Gasteiger partial charge < -0.3 is 14.8 Å². The number of thiazole rings is 1. The zero-order valence-corrected chi connectivity index (χ0v) is 13.4. The summed E-state index contributed by atoms with van der Waals surface area (Å²) in [6.45, 7) is 4.32. The summed E-state index contributed by atoms with van der Waals surface area (Å²) >= 11 is 1.66. The molecule has 114 valence electrons. The van der Waals surface area contributed by atoms with Gasteiger partial charge in [-0.15, -0.1) is 11.3 Å². The monoisotopic (exact) mass is 306 g/mol. The van der Waals surface area contributed by atoms with Crippen LogP contribution >= 0.6 is 11.3 Å². The van der Waals surface area contributed by atoms with Crippen molar-refractivity contribution < 1.29 is 9.47 Å². The fraction of sp³-hybridized carbons (Fsp3) is 0.438. The van der Waals surface area contributed by atoms with Crippen molar-refractivity contribution in [2.75, 3.05) is 26.9 Å². The van der Waals surface area contributed by atoms with Gasteiger partial charge in [0.25, 0.3) is 0 Å². The predicted octanol–water partition coefficient (Wildman–Crippen LogP) is 3.26. The molecule has 0 aliphatic heterocycles. The first-order valence-electron chi connectivity index (χ1n) is 7.19. The molecule has 21 heavy (non-hydrogen) atoms. The molecule has 5 heteroatoms. The van der Waals surface area contributed by atoms with E-state index in [1.165, 1.54) is 5.56 Å². The van der Waals surface area contributed by atoms with Gasteiger partial charge in [0.15, 0.2) is 0 Å². The fourth-order valence-electron chi connectivity index (χ4n) is 2.01. The Balaban J connectivity index is 2.08. The van der Waals surface area contributed by atoms with Crippen LogP contribution in [0.15, 0.2) is 35.8 Å². The van der Waals surface area contributed by atoms with Crippen molar-refractivity contribution in [3.05, 3.63) is 46.4 Å². The van der Waals surface area contributed by atoms with Crippen molar-refractivity contribution in [3.8, 4) is 5.75 Å². The van der Waals surface area contributed by atoms with E-state index in [0.717, 1.165) is 30.3 Å². The van der Waals surface area contributed by atoms with Crippen LogP contribution in [0.1, 0.15) is 30.0 Å². The molecule has 1 atom stereocenters. The van der Waals surface area contributed by atoms with E-state index in [-0.39, 0.29) is 6.04 Å². The predicted molar refractivity (Wildman–Crippen MR) is 86.1 cm³/mol. The van der Waals surface area contributed by atoms with E-state index in [1.807, 2.05) is 23.7 Å². The summed E-state index contributed by atoms with van der Waals surface area (Å²) in [6, 6.07) is 8.32. The minimum atomic E-state index is 0.0976. The summed E-state index contributed by atoms with van der Waals surface area (Å²) in [4.78, 5) is 4.43. The molecule has 0 bridgehead atoms. The number of nitrogens with zero attached hydrogens (tertiary/aromatic N) is 1. The van der Waals surface area contributed by atoms with E-state index in [0.29, 0.717) is 6.61 Å². The van der Waals surface area contributed by atoms with E-state index in [4.69, 9.17) is 9.47 Å². The molecule has 1 aromatic heterocycles. The largest absolute Gasteiger partial charge is 0.494 e. The van der Waals surface area contributed by atoms with E-state index in [9.17, 15) is 0 Å². The highest BCUT2D eigenvalue weighted by molar-refractivity contribution is 7.09. The molecule has 1 N–H and O–H groups in total. The van der Waals surface area contributed by atoms with Gasteiger partial charge >= 0.3 is 0 Å². The lowest BCUT2D eigenvalue weighted by Crippen LogP contribution is -2.25. The molecule has 0 aliphatic carbocycles. The standard InChI is InChI=1S/C16H22N2O2S/c1-3-10-20-14-6-4-13(5-7-14)15(17-8-11-19-2)16-18-9-12-21-16/h4-7,9,12,15,17H,3,8,10-11H2,1-2H3. The number of aromatic nitrogens is 1. The van der Waals surface area contributed by atoms with E-state index >= 15 is 0 Å². The molecule has 1 unspecified atom stereocenters. The highest BCUT2D eigenvalue weighted by Crippen LogP contribution is 2.25. The molecule has 1 aromatic carbocycles. The first-order chi connectivity index (χ1) is 10.3. The van der Waals surface area contributed by atoms with Gasteiger partial charge in [0, 0.05) is 25.2 Å². The van der Waals surface area contributed by atoms with Gasteiger partial charge in [-0.25, -0.2) is 4.98 Å². The molecule has 4 nitrogen and oxygen atoms in total. The van der Waals surface area contributed by atoms with E-state index < -0.39 is 0 Å². The second-order valence-electron chi connectivity index (χ2n) is 4.67. The maximum atomic E-state index is 5.63. The number of hydrogen-bond acceptors (Lipinski definition) is 5. The average molecular weight is 306 g/mol. The Bertz CT molecular complexity index is 500. The maximum Gasteiger partial charge on any atom is 0.119 e. The molecule has 0 saturated heterocycles. The minimum absolute atomic E-state index is 0.0976. The molecule has 0 aliphatic rings. The molecule has 0 spiro atoms. The lowest BCUT2D eigenvalue weighted by molar-refractivity contribution is 0.197. The Labute approximate surface area is 130 Å². The van der Waals surface area contributed by atoms with Crippen LogP contribution in [-0.2, 0) is 4.74 Å². The summed E-state index contributed by atoms with van der Waals surface area (Å²) in [6.07, 6.45) is 2.85. The Morgan fingerprint density at radius 2 is 2.05 bits per heavy atom. The van der Waals surface area contributed by atoms with E-state index in [1.54, 1.807) is 18.4 Å². The van der Waals surface area contributed by atoms with Crippen molar-refractivity contribution in [2.24, 2.45) is 0 Å². The van der Waals surface area contributed by atoms with Crippen molar-refractivity contribution in [2.45, 2.75) is 19.4 Å². The SMILES string of the molecule is CCCOc1ccc(C(NCCOC)c2nccs2)cc1. The fourth-order valence-corrected chi connectivity index (χ4v) is 2.74. The number of rotatable bonds is 9. The van der Waals surface area contributed by atoms with Crippen molar-refractivity contribution in [1.82, 2.24) is 10.3 Å². The van der Waals surface area contributed by atoms with E-state index in [2.05, 4.69) is 29.4 Å². The first kappa shape index (κ1) is 15.9. The van der Waals surface area contributed by atoms with Crippen molar-refractivity contribution >= 4 is 11.3 Å². The van der Waals surface area contributed by atoms with Crippen LogP contribution in [0.25, 0.3) is 0 Å². The van der Waals surface area contributed by atoms with Crippen LogP contribution in [-0.4, -0.2) is 31.9 Å². The second kappa shape index (κ2) is 8.77. The molecular formula is C16H22N2O2S. The zero-order chi connectivity index (χ0) is 14.9. The highest BCUT2D eigenvalue weighted by atomic mass is 32.1. The van der Waals surface area contributed by atoms with Crippen LogP contribution in [0.3, 0.4) is 0 Å². The average Bonchev–Trinajstić information content (AvgIpc) is 3.04. The smallest absolute Gasteiger partial charge is 0.119 e. The van der Waals surface area contributed by atoms with Crippen LogP contribution in [0.5, 0.6) is 5.75 Å². The van der Waals surface area contributed by atoms with Gasteiger partial charge in [0.05, 0.1) is 19.3 Å². The quantitative estimate of drug-likeness (QED) is 0.722. The Morgan fingerprint density at radius 3 is 2.67 bits per heavy atom. The molecule has 0 amide bonds. The third-order valence-electron chi connectivity index (χ3n) is 3.04. The molecular weight excluding hydrogens is 284 g/mol. The second-order valence-corrected chi connectivity index (χ2v) is 5.59. The van der Waals surface area contributed by atoms with Crippen LogP contribution in [0.4, 0.5) is 0 Å². The summed E-state index contributed by atoms with van der Waals surface area (Å²) in [7, 11) is 1.71. The molecule has 2 aromatic rings. The molecule has 1 heterocycles. The summed E-state index contributed by atoms with van der Waals surface area (Å²) < 4.78 is 10.7. The topological polar surface area (TPSA) is 43.4 Å². The number of benzene rings is 1. The van der Waals surface area contributed by atoms with Gasteiger partial charge in [0.1, 0.15) is 10.8 Å². The van der Waals surface area contributed by atoms with Gasteiger partial charge in [-0.3, -0.25) is 0 Å². The highest BCUT2D eigenvalue weighted by Gasteiger charge is 2.15. The van der Waals surface area contributed by atoms with Crippen LogP contribution in [0.2, 0.25) is 0 Å². The normalized spacial score (nSPS) is 12.3. The third-order valence-corrected chi connectivity index (χ3v) is 3.88. The number of methoxy groups -OCH3 is 1. The van der Waals surface area contributed by atoms with Crippen LogP contribution in [0, 0.1) is 0 Å². The van der Waals surface area contributed by atoms with Gasteiger partial charge in [-0.2, -0.15) is 0 Å². The van der Waals surface area contributed by atoms with Crippen molar-refractivity contribution in [3.63, 3.8) is 0 Å². The molecule has 0 saturated carbocycles. The van der Waals surface area contributed by atoms with Gasteiger partial charge in [-0.05, 0) is 24.1 Å². The number of ether oxygens (including phenoxy) is 2. The summed E-state index contributed by atoms with van der Waals surface area (Å²) in [5.41, 5.74) is 1.19. The summed E-state index contributed by atoms with van der Waals surface area (Å²) in [5.74, 6) is 0.912. The van der Waals surface area contributed by atoms with Crippen LogP contribution < -0.4 is 10.1 Å². The minimum Gasteiger partial charge on any atom is -0.494 e. The molecule has 0 fully saturated rings. The molecule has 0 radical (unpaired) electrons. The first-order valence-corrected chi connectivity index (χ1v) is 8.07. The maximum absolute atomic E-state index is 5.63. The van der Waals surface area contributed by atoms with Crippen molar-refractivity contribution in [1.29, 1.82) is 0 Å². The Kier molecular flexibility index (Phi) is 6.66. The number of nitrogens with one attached hydrogen (secondary N) is 1. The molecule has 2 rings (SSSR count). The Morgan fingerprint density at radius 1 is 1.24 bits per heavy atom. The Hall–Kier alpha value is -1.43.